The molecule has 0 bridgehead atoms. The molecule has 1 rings (SSSR count). The van der Waals surface area contributed by atoms with Crippen molar-refractivity contribution in [1.29, 1.82) is 0 Å². The second-order valence-corrected chi connectivity index (χ2v) is 5.64. The van der Waals surface area contributed by atoms with Gasteiger partial charge in [0.15, 0.2) is 0 Å². The Morgan fingerprint density at radius 1 is 1.07 bits per heavy atom. The lowest BCUT2D eigenvalue weighted by Gasteiger charge is -2.36. The maximum absolute atomic E-state index is 12.1. The molecule has 0 saturated heterocycles. The van der Waals surface area contributed by atoms with Crippen molar-refractivity contribution in [3.05, 3.63) is 12.2 Å². The van der Waals surface area contributed by atoms with Crippen LogP contribution in [0.3, 0.4) is 0 Å². The quantitative estimate of drug-likeness (QED) is 0.588. The van der Waals surface area contributed by atoms with Gasteiger partial charge in [-0.2, -0.15) is 0 Å². The van der Waals surface area contributed by atoms with E-state index in [1.807, 2.05) is 14.1 Å². The molecule has 0 fully saturated rings. The second-order valence-electron chi connectivity index (χ2n) is 5.64. The van der Waals surface area contributed by atoms with Gasteiger partial charge < -0.3 is 4.90 Å². The maximum atomic E-state index is 12.1. The third kappa shape index (κ3) is 1.70. The van der Waals surface area contributed by atoms with Crippen molar-refractivity contribution in [1.82, 2.24) is 4.90 Å². The third-order valence-corrected chi connectivity index (χ3v) is 3.12. The van der Waals surface area contributed by atoms with E-state index in [2.05, 4.69) is 39.8 Å². The third-order valence-electron chi connectivity index (χ3n) is 3.12. The molecule has 0 heterocycles. The van der Waals surface area contributed by atoms with Crippen molar-refractivity contribution in [3.8, 4) is 0 Å². The molecule has 0 aromatic rings. The van der Waals surface area contributed by atoms with E-state index in [9.17, 15) is 4.79 Å². The smallest absolute Gasteiger partial charge is 0.226 e. The average Bonchev–Trinajstić information content (AvgIpc) is 2.20. The van der Waals surface area contributed by atoms with Gasteiger partial charge in [-0.3, -0.25) is 4.79 Å². The summed E-state index contributed by atoms with van der Waals surface area (Å²) < 4.78 is 0. The maximum Gasteiger partial charge on any atom is 0.226 e. The van der Waals surface area contributed by atoms with E-state index in [1.165, 1.54) is 0 Å². The molecule has 0 saturated carbocycles. The Morgan fingerprint density at radius 2 is 1.43 bits per heavy atom. The predicted molar refractivity (Wildman–Crippen MR) is 58.9 cm³/mol. The minimum atomic E-state index is -0.0230. The van der Waals surface area contributed by atoms with Crippen LogP contribution < -0.4 is 0 Å². The highest BCUT2D eigenvalue weighted by Gasteiger charge is 2.47. The fourth-order valence-electron chi connectivity index (χ4n) is 2.48. The van der Waals surface area contributed by atoms with Crippen molar-refractivity contribution in [3.63, 3.8) is 0 Å². The van der Waals surface area contributed by atoms with Crippen LogP contribution >= 0.6 is 0 Å². The molecule has 0 spiro atoms. The van der Waals surface area contributed by atoms with Gasteiger partial charge in [-0.05, 0) is 10.8 Å². The van der Waals surface area contributed by atoms with E-state index in [0.29, 0.717) is 0 Å². The first-order valence-electron chi connectivity index (χ1n) is 5.10. The van der Waals surface area contributed by atoms with E-state index in [-0.39, 0.29) is 22.7 Å². The first kappa shape index (κ1) is 11.3. The summed E-state index contributed by atoms with van der Waals surface area (Å²) in [4.78, 5) is 13.8. The van der Waals surface area contributed by atoms with E-state index in [0.717, 1.165) is 0 Å². The summed E-state index contributed by atoms with van der Waals surface area (Å²) in [5.74, 6) is 0.287. The van der Waals surface area contributed by atoms with Crippen LogP contribution in [0.15, 0.2) is 12.2 Å². The fraction of sp³-hybridized carbons (Fsp3) is 0.750. The molecule has 1 aliphatic rings. The van der Waals surface area contributed by atoms with Gasteiger partial charge >= 0.3 is 0 Å². The highest BCUT2D eigenvalue weighted by molar-refractivity contribution is 5.81. The number of carbonyl (C=O) groups is 1. The first-order valence-corrected chi connectivity index (χ1v) is 5.10. The number of hydrogen-bond acceptors (Lipinski definition) is 1. The zero-order chi connectivity index (χ0) is 11.1. The molecule has 2 nitrogen and oxygen atoms in total. The fourth-order valence-corrected chi connectivity index (χ4v) is 2.48. The summed E-state index contributed by atoms with van der Waals surface area (Å²) in [7, 11) is 3.65. The Labute approximate surface area is 87.0 Å². The van der Waals surface area contributed by atoms with E-state index < -0.39 is 0 Å². The van der Waals surface area contributed by atoms with Crippen LogP contribution in [0.4, 0.5) is 0 Å². The molecule has 0 atom stereocenters. The molecular weight excluding hydrogens is 174 g/mol. The molecule has 1 amide bonds. The van der Waals surface area contributed by atoms with Crippen molar-refractivity contribution in [2.24, 2.45) is 16.7 Å². The van der Waals surface area contributed by atoms with Gasteiger partial charge in [0.1, 0.15) is 0 Å². The zero-order valence-electron chi connectivity index (χ0n) is 10.1. The monoisotopic (exact) mass is 195 g/mol. The molecule has 0 unspecified atom stereocenters. The van der Waals surface area contributed by atoms with Crippen molar-refractivity contribution in [2.75, 3.05) is 14.1 Å². The summed E-state index contributed by atoms with van der Waals surface area (Å²) in [6.07, 6.45) is 4.33. The topological polar surface area (TPSA) is 20.3 Å². The Hall–Kier alpha value is -0.790. The molecule has 0 radical (unpaired) electrons. The lowest BCUT2D eigenvalue weighted by Crippen LogP contribution is -2.42. The lowest BCUT2D eigenvalue weighted by molar-refractivity contribution is -0.138. The minimum absolute atomic E-state index is 0.0230. The van der Waals surface area contributed by atoms with Crippen LogP contribution in [0.5, 0.6) is 0 Å². The SMILES string of the molecule is CN(C)C(=O)C1C(C)(C)C=CC1(C)C. The first-order chi connectivity index (χ1) is 6.18. The van der Waals surface area contributed by atoms with Crippen molar-refractivity contribution in [2.45, 2.75) is 27.7 Å². The van der Waals surface area contributed by atoms with Crippen LogP contribution in [0.2, 0.25) is 0 Å². The largest absolute Gasteiger partial charge is 0.349 e. The van der Waals surface area contributed by atoms with Crippen LogP contribution in [-0.4, -0.2) is 24.9 Å². The Morgan fingerprint density at radius 3 is 1.71 bits per heavy atom. The number of allylic oxidation sites excluding steroid dienone is 2. The van der Waals surface area contributed by atoms with Gasteiger partial charge in [0.25, 0.3) is 0 Å². The normalized spacial score (nSPS) is 23.9. The second kappa shape index (κ2) is 3.11. The number of carbonyl (C=O) groups excluding carboxylic acids is 1. The number of hydrogen-bond donors (Lipinski definition) is 0. The summed E-state index contributed by atoms with van der Waals surface area (Å²) in [5.41, 5.74) is -0.0459. The molecule has 0 aromatic carbocycles. The standard InChI is InChI=1S/C12H21NO/c1-11(2)7-8-12(3,4)9(11)10(14)13(5)6/h7-9H,1-6H3. The predicted octanol–water partition coefficient (Wildman–Crippen LogP) is 2.31. The van der Waals surface area contributed by atoms with Crippen molar-refractivity contribution < 1.29 is 4.79 Å². The van der Waals surface area contributed by atoms with Gasteiger partial charge in [0, 0.05) is 14.1 Å². The minimum Gasteiger partial charge on any atom is -0.349 e. The lowest BCUT2D eigenvalue weighted by atomic mass is 9.70. The molecule has 1 aliphatic carbocycles. The van der Waals surface area contributed by atoms with Crippen LogP contribution in [0, 0.1) is 16.7 Å². The van der Waals surface area contributed by atoms with Gasteiger partial charge in [0.2, 0.25) is 5.91 Å². The Balaban J connectivity index is 3.02. The van der Waals surface area contributed by atoms with E-state index in [1.54, 1.807) is 4.90 Å². The Kier molecular flexibility index (Phi) is 2.51. The van der Waals surface area contributed by atoms with Gasteiger partial charge in [-0.1, -0.05) is 39.8 Å². The zero-order valence-corrected chi connectivity index (χ0v) is 10.1. The van der Waals surface area contributed by atoms with Crippen LogP contribution in [-0.2, 0) is 4.79 Å². The van der Waals surface area contributed by atoms with Gasteiger partial charge in [0.05, 0.1) is 5.92 Å². The highest BCUT2D eigenvalue weighted by Crippen LogP contribution is 2.48. The summed E-state index contributed by atoms with van der Waals surface area (Å²) in [5, 5.41) is 0. The van der Waals surface area contributed by atoms with Gasteiger partial charge in [-0.15, -0.1) is 0 Å². The number of nitrogens with zero attached hydrogens (tertiary/aromatic N) is 1. The Bertz CT molecular complexity index is 256. The molecule has 0 N–H and O–H groups in total. The molecule has 80 valence electrons. The molecule has 0 aromatic heterocycles. The summed E-state index contributed by atoms with van der Waals surface area (Å²) >= 11 is 0. The van der Waals surface area contributed by atoms with Crippen molar-refractivity contribution >= 4 is 5.91 Å². The number of amides is 1. The van der Waals surface area contributed by atoms with Gasteiger partial charge in [-0.25, -0.2) is 0 Å². The summed E-state index contributed by atoms with van der Waals surface area (Å²) in [6.45, 7) is 8.52. The summed E-state index contributed by atoms with van der Waals surface area (Å²) in [6, 6.07) is 0. The van der Waals surface area contributed by atoms with E-state index in [4.69, 9.17) is 0 Å². The number of rotatable bonds is 1. The van der Waals surface area contributed by atoms with Crippen LogP contribution in [0.25, 0.3) is 0 Å². The molecule has 14 heavy (non-hydrogen) atoms. The highest BCUT2D eigenvalue weighted by atomic mass is 16.2. The average molecular weight is 195 g/mol. The molecular formula is C12H21NO. The molecule has 0 aliphatic heterocycles. The van der Waals surface area contributed by atoms with E-state index >= 15 is 0 Å². The molecule has 2 heteroatoms. The van der Waals surface area contributed by atoms with Crippen LogP contribution in [0.1, 0.15) is 27.7 Å².